The molecule has 0 aliphatic carbocycles. The van der Waals surface area contributed by atoms with Gasteiger partial charge in [0.25, 0.3) is 0 Å². The number of aromatic nitrogens is 2. The molecule has 2 aromatic carbocycles. The van der Waals surface area contributed by atoms with Crippen molar-refractivity contribution in [2.45, 2.75) is 0 Å². The fourth-order valence-electron chi connectivity index (χ4n) is 3.09. The highest BCUT2D eigenvalue weighted by Crippen LogP contribution is 2.32. The lowest BCUT2D eigenvalue weighted by atomic mass is 10.1. The molecule has 0 spiro atoms. The Bertz CT molecular complexity index is 938. The number of hydrogen-bond donors (Lipinski definition) is 0. The first-order valence-electron chi connectivity index (χ1n) is 6.52. The molecule has 2 aromatic heterocycles. The molecule has 3 heteroatoms. The van der Waals surface area contributed by atoms with Crippen molar-refractivity contribution in [3.8, 4) is 0 Å². The molecule has 0 aliphatic rings. The summed E-state index contributed by atoms with van der Waals surface area (Å²) in [5.74, 6) is 0. The van der Waals surface area contributed by atoms with E-state index in [2.05, 4.69) is 78.0 Å². The van der Waals surface area contributed by atoms with Crippen molar-refractivity contribution >= 4 is 32.7 Å². The van der Waals surface area contributed by atoms with Gasteiger partial charge in [-0.2, -0.15) is 0 Å². The third kappa shape index (κ3) is 1.66. The minimum Gasteiger partial charge on any atom is -1.00 e. The Balaban J connectivity index is 0.00000121. The summed E-state index contributed by atoms with van der Waals surface area (Å²) in [6, 6.07) is 17.4. The number of pyridine rings is 1. The minimum atomic E-state index is 0. The van der Waals surface area contributed by atoms with E-state index in [1.807, 2.05) is 0 Å². The number of nitrogens with zero attached hydrogens (tertiary/aromatic N) is 2. The average Bonchev–Trinajstić information content (AvgIpc) is 2.74. The van der Waals surface area contributed by atoms with Crippen molar-refractivity contribution in [1.82, 2.24) is 4.57 Å². The van der Waals surface area contributed by atoms with Gasteiger partial charge in [-0.1, -0.05) is 18.2 Å². The summed E-state index contributed by atoms with van der Waals surface area (Å²) in [6.45, 7) is 0. The first-order chi connectivity index (χ1) is 9.27. The molecule has 0 fully saturated rings. The third-order valence-corrected chi connectivity index (χ3v) is 4.05. The van der Waals surface area contributed by atoms with Gasteiger partial charge in [0.2, 0.25) is 5.52 Å². The lowest BCUT2D eigenvalue weighted by Crippen LogP contribution is -3.00. The molecule has 0 saturated carbocycles. The highest BCUT2D eigenvalue weighted by molar-refractivity contribution is 6.19. The molecule has 0 bridgehead atoms. The van der Waals surface area contributed by atoms with Crippen molar-refractivity contribution in [3.63, 3.8) is 0 Å². The molecule has 100 valence electrons. The fourth-order valence-corrected chi connectivity index (χ4v) is 3.09. The number of hydrogen-bond acceptors (Lipinski definition) is 0. The first-order valence-corrected chi connectivity index (χ1v) is 6.52. The zero-order chi connectivity index (χ0) is 13.0. The lowest BCUT2D eigenvalue weighted by Gasteiger charge is -2.00. The molecule has 0 amide bonds. The van der Waals surface area contributed by atoms with Gasteiger partial charge in [0.05, 0.1) is 5.39 Å². The molecule has 0 unspecified atom stereocenters. The maximum absolute atomic E-state index is 2.27. The number of para-hydroxylation sites is 1. The second-order valence-electron chi connectivity index (χ2n) is 5.09. The highest BCUT2D eigenvalue weighted by atomic mass is 127. The van der Waals surface area contributed by atoms with Crippen LogP contribution in [0.1, 0.15) is 0 Å². The Morgan fingerprint density at radius 3 is 2.45 bits per heavy atom. The predicted octanol–water partition coefficient (Wildman–Crippen LogP) is 0.313. The zero-order valence-electron chi connectivity index (χ0n) is 11.5. The van der Waals surface area contributed by atoms with Crippen LogP contribution in [0.4, 0.5) is 0 Å². The van der Waals surface area contributed by atoms with E-state index in [4.69, 9.17) is 0 Å². The molecular weight excluding hydrogens is 359 g/mol. The summed E-state index contributed by atoms with van der Waals surface area (Å²) < 4.78 is 4.45. The smallest absolute Gasteiger partial charge is 0.213 e. The van der Waals surface area contributed by atoms with Gasteiger partial charge in [0.1, 0.15) is 7.05 Å². The molecule has 0 saturated heterocycles. The monoisotopic (exact) mass is 374 g/mol. The van der Waals surface area contributed by atoms with Crippen LogP contribution in [0, 0.1) is 0 Å². The van der Waals surface area contributed by atoms with Crippen LogP contribution >= 0.6 is 0 Å². The van der Waals surface area contributed by atoms with Crippen LogP contribution in [0.15, 0.2) is 54.7 Å². The molecule has 0 aliphatic heterocycles. The zero-order valence-corrected chi connectivity index (χ0v) is 13.6. The van der Waals surface area contributed by atoms with Crippen molar-refractivity contribution in [3.05, 3.63) is 54.7 Å². The maximum atomic E-state index is 2.27. The van der Waals surface area contributed by atoms with E-state index in [-0.39, 0.29) is 24.0 Å². The van der Waals surface area contributed by atoms with Gasteiger partial charge in [0.15, 0.2) is 6.20 Å². The second kappa shape index (κ2) is 4.74. The van der Waals surface area contributed by atoms with Gasteiger partial charge in [-0.05, 0) is 18.2 Å². The van der Waals surface area contributed by atoms with Gasteiger partial charge in [0, 0.05) is 41.0 Å². The van der Waals surface area contributed by atoms with Crippen LogP contribution in [-0.4, -0.2) is 4.57 Å². The Kier molecular flexibility index (Phi) is 3.17. The summed E-state index contributed by atoms with van der Waals surface area (Å²) in [7, 11) is 4.23. The first kappa shape index (κ1) is 13.4. The van der Waals surface area contributed by atoms with Crippen LogP contribution in [0.3, 0.4) is 0 Å². The molecule has 0 atom stereocenters. The van der Waals surface area contributed by atoms with E-state index in [1.54, 1.807) is 0 Å². The third-order valence-electron chi connectivity index (χ3n) is 4.05. The quantitative estimate of drug-likeness (QED) is 0.310. The van der Waals surface area contributed by atoms with E-state index in [1.165, 1.54) is 32.7 Å². The standard InChI is InChI=1S/C17H15N2.HI/c1-18-11-5-7-12-14(18)9-10-16-17(12)13-6-3-4-8-15(13)19(16)2;/h3-11H,1-2H3;1H/q+1;/p-1. The molecule has 20 heavy (non-hydrogen) atoms. The van der Waals surface area contributed by atoms with Gasteiger partial charge in [-0.3, -0.25) is 0 Å². The van der Waals surface area contributed by atoms with Crippen LogP contribution in [0.25, 0.3) is 32.7 Å². The SMILES string of the molecule is Cn1c2ccccc2c2c3ccc[n+](C)c3ccc21.[I-]. The number of aryl methyl sites for hydroxylation is 2. The second-order valence-corrected chi connectivity index (χ2v) is 5.09. The van der Waals surface area contributed by atoms with Crippen LogP contribution in [-0.2, 0) is 14.1 Å². The van der Waals surface area contributed by atoms with Crippen molar-refractivity contribution in [2.75, 3.05) is 0 Å². The Morgan fingerprint density at radius 2 is 1.60 bits per heavy atom. The summed E-state index contributed by atoms with van der Waals surface area (Å²) in [5, 5.41) is 4.00. The molecule has 2 heterocycles. The van der Waals surface area contributed by atoms with Gasteiger partial charge in [-0.25, -0.2) is 4.57 Å². The maximum Gasteiger partial charge on any atom is 0.213 e. The van der Waals surface area contributed by atoms with Crippen LogP contribution < -0.4 is 28.5 Å². The lowest BCUT2D eigenvalue weighted by molar-refractivity contribution is -0.644. The molecule has 0 radical (unpaired) electrons. The van der Waals surface area contributed by atoms with E-state index in [0.717, 1.165) is 0 Å². The predicted molar refractivity (Wildman–Crippen MR) is 79.1 cm³/mol. The van der Waals surface area contributed by atoms with Crippen molar-refractivity contribution < 1.29 is 28.5 Å². The van der Waals surface area contributed by atoms with Gasteiger partial charge < -0.3 is 28.5 Å². The molecule has 0 N–H and O–H groups in total. The largest absolute Gasteiger partial charge is 1.00 e. The topological polar surface area (TPSA) is 8.81 Å². The van der Waals surface area contributed by atoms with Crippen LogP contribution in [0.5, 0.6) is 0 Å². The van der Waals surface area contributed by atoms with E-state index >= 15 is 0 Å². The average molecular weight is 374 g/mol. The number of fused-ring (bicyclic) bond motifs is 5. The van der Waals surface area contributed by atoms with Gasteiger partial charge in [-0.15, -0.1) is 0 Å². The van der Waals surface area contributed by atoms with Crippen molar-refractivity contribution in [1.29, 1.82) is 0 Å². The molecule has 4 aromatic rings. The normalized spacial score (nSPS) is 11.1. The number of rotatable bonds is 0. The van der Waals surface area contributed by atoms with E-state index < -0.39 is 0 Å². The molecule has 4 rings (SSSR count). The number of halogens is 1. The van der Waals surface area contributed by atoms with E-state index in [9.17, 15) is 0 Å². The Morgan fingerprint density at radius 1 is 0.850 bits per heavy atom. The molecular formula is C17H15IN2. The molecule has 2 nitrogen and oxygen atoms in total. The Hall–Kier alpha value is -1.62. The Labute approximate surface area is 134 Å². The summed E-state index contributed by atoms with van der Waals surface area (Å²) in [6.07, 6.45) is 2.10. The number of benzene rings is 2. The fraction of sp³-hybridized carbons (Fsp3) is 0.118. The minimum absolute atomic E-state index is 0. The summed E-state index contributed by atoms with van der Waals surface area (Å²) in [4.78, 5) is 0. The van der Waals surface area contributed by atoms with E-state index in [0.29, 0.717) is 0 Å². The summed E-state index contributed by atoms with van der Waals surface area (Å²) >= 11 is 0. The van der Waals surface area contributed by atoms with Crippen LogP contribution in [0.2, 0.25) is 0 Å². The summed E-state index contributed by atoms with van der Waals surface area (Å²) in [5.41, 5.74) is 3.85. The van der Waals surface area contributed by atoms with Gasteiger partial charge >= 0.3 is 0 Å². The highest BCUT2D eigenvalue weighted by Gasteiger charge is 2.14. The van der Waals surface area contributed by atoms with Crippen molar-refractivity contribution in [2.24, 2.45) is 14.1 Å².